The number of nitrogens with zero attached hydrogens (tertiary/aromatic N) is 1. The third-order valence-corrected chi connectivity index (χ3v) is 2.59. The zero-order valence-electron chi connectivity index (χ0n) is 6.02. The van der Waals surface area contributed by atoms with Crippen molar-refractivity contribution < 1.29 is 8.78 Å². The number of alkyl halides is 3. The summed E-state index contributed by atoms with van der Waals surface area (Å²) in [5.41, 5.74) is 0. The Kier molecular flexibility index (Phi) is 3.40. The lowest BCUT2D eigenvalue weighted by atomic mass is 10.2. The summed E-state index contributed by atoms with van der Waals surface area (Å²) in [6.07, 6.45) is 3.14. The maximum atomic E-state index is 12.2. The first-order valence-electron chi connectivity index (χ1n) is 3.59. The van der Waals surface area contributed by atoms with Gasteiger partial charge < -0.3 is 0 Å². The van der Waals surface area contributed by atoms with Gasteiger partial charge in [0, 0.05) is 25.0 Å². The Balaban J connectivity index is 2.24. The third kappa shape index (κ3) is 4.13. The van der Waals surface area contributed by atoms with Gasteiger partial charge in [-0.3, -0.25) is 0 Å². The molecule has 0 bridgehead atoms. The molecule has 11 heavy (non-hydrogen) atoms. The van der Waals surface area contributed by atoms with Gasteiger partial charge in [0.25, 0.3) is 0 Å². The molecule has 0 radical (unpaired) electrons. The van der Waals surface area contributed by atoms with Crippen molar-refractivity contribution in [2.45, 2.75) is 24.0 Å². The van der Waals surface area contributed by atoms with Crippen LogP contribution in [-0.2, 0) is 0 Å². The summed E-state index contributed by atoms with van der Waals surface area (Å²) in [4.78, 5) is 0. The molecule has 66 valence electrons. The summed E-state index contributed by atoms with van der Waals surface area (Å²) in [5.74, 6) is 0. The third-order valence-electron chi connectivity index (χ3n) is 1.55. The Morgan fingerprint density at radius 1 is 1.18 bits per heavy atom. The highest BCUT2D eigenvalue weighted by molar-refractivity contribution is 7.99. The van der Waals surface area contributed by atoms with Crippen molar-refractivity contribution >= 4 is 23.5 Å². The molecule has 1 aliphatic rings. The molecule has 1 heterocycles. The van der Waals surface area contributed by atoms with E-state index in [2.05, 4.69) is 0 Å². The molecule has 0 N–H and O–H groups in total. The van der Waals surface area contributed by atoms with Crippen molar-refractivity contribution in [3.8, 4) is 0 Å². The minimum atomic E-state index is -3.13. The van der Waals surface area contributed by atoms with Gasteiger partial charge in [-0.15, -0.1) is 0 Å². The molecule has 1 rings (SSSR count). The van der Waals surface area contributed by atoms with E-state index in [-0.39, 0.29) is 0 Å². The van der Waals surface area contributed by atoms with Crippen LogP contribution in [0.15, 0.2) is 0 Å². The molecule has 0 unspecified atom stereocenters. The lowest BCUT2D eigenvalue weighted by molar-refractivity contribution is 0.194. The predicted octanol–water partition coefficient (Wildman–Crippen LogP) is 2.91. The van der Waals surface area contributed by atoms with Crippen LogP contribution in [0.3, 0.4) is 0 Å². The van der Waals surface area contributed by atoms with E-state index >= 15 is 0 Å². The largest absolute Gasteiger partial charge is 0.384 e. The van der Waals surface area contributed by atoms with Gasteiger partial charge in [0.2, 0.25) is 0 Å². The first-order valence-corrected chi connectivity index (χ1v) is 4.74. The smallest absolute Gasteiger partial charge is 0.245 e. The van der Waals surface area contributed by atoms with E-state index in [1.807, 2.05) is 0 Å². The van der Waals surface area contributed by atoms with Crippen LogP contribution in [0.5, 0.6) is 0 Å². The highest BCUT2D eigenvalue weighted by Crippen LogP contribution is 2.36. The Hall–Kier alpha value is 0.460. The lowest BCUT2D eigenvalue weighted by Crippen LogP contribution is -2.26. The molecular weight excluding hydrogens is 192 g/mol. The first-order chi connectivity index (χ1) is 5.08. The van der Waals surface area contributed by atoms with Gasteiger partial charge in [0.05, 0.1) is 0 Å². The monoisotopic (exact) mass is 201 g/mol. The Bertz CT molecular complexity index is 122. The maximum Gasteiger partial charge on any atom is 0.384 e. The average molecular weight is 202 g/mol. The lowest BCUT2D eigenvalue weighted by Gasteiger charge is -2.26. The number of hydrogen-bond donors (Lipinski definition) is 0. The molecule has 0 aromatic rings. The van der Waals surface area contributed by atoms with Crippen LogP contribution in [0, 0.1) is 0 Å². The molecule has 5 heteroatoms. The van der Waals surface area contributed by atoms with Crippen molar-refractivity contribution in [2.75, 3.05) is 13.1 Å². The van der Waals surface area contributed by atoms with Gasteiger partial charge in [-0.25, -0.2) is 4.31 Å². The first kappa shape index (κ1) is 9.55. The standard InChI is InChI=1S/C6H10ClF2NS/c7-6(8,9)11-10-4-2-1-3-5-10/h1-5H2. The van der Waals surface area contributed by atoms with Crippen molar-refractivity contribution in [1.82, 2.24) is 4.31 Å². The van der Waals surface area contributed by atoms with Crippen LogP contribution in [0.2, 0.25) is 0 Å². The summed E-state index contributed by atoms with van der Waals surface area (Å²) >= 11 is 5.20. The summed E-state index contributed by atoms with van der Waals surface area (Å²) in [6.45, 7) is 1.46. The molecule has 0 saturated carbocycles. The van der Waals surface area contributed by atoms with Gasteiger partial charge in [0.1, 0.15) is 0 Å². The summed E-state index contributed by atoms with van der Waals surface area (Å²) < 4.78 is 22.9. The maximum absolute atomic E-state index is 12.2. The molecule has 0 aromatic heterocycles. The van der Waals surface area contributed by atoms with E-state index < -0.39 is 4.71 Å². The van der Waals surface area contributed by atoms with Gasteiger partial charge in [-0.05, 0) is 24.4 Å². The van der Waals surface area contributed by atoms with Crippen molar-refractivity contribution in [2.24, 2.45) is 0 Å². The molecule has 1 aliphatic heterocycles. The minimum absolute atomic E-state index is 0.443. The number of piperidine rings is 1. The molecule has 0 aromatic carbocycles. The number of halogens is 3. The van der Waals surface area contributed by atoms with Gasteiger partial charge >= 0.3 is 4.71 Å². The average Bonchev–Trinajstić information content (AvgIpc) is 1.85. The minimum Gasteiger partial charge on any atom is -0.245 e. The van der Waals surface area contributed by atoms with E-state index in [1.54, 1.807) is 4.31 Å². The highest BCUT2D eigenvalue weighted by atomic mass is 35.5. The number of hydrogen-bond acceptors (Lipinski definition) is 2. The topological polar surface area (TPSA) is 3.24 Å². The van der Waals surface area contributed by atoms with Crippen LogP contribution in [-0.4, -0.2) is 22.1 Å². The Morgan fingerprint density at radius 2 is 1.73 bits per heavy atom. The van der Waals surface area contributed by atoms with Gasteiger partial charge in [0.15, 0.2) is 0 Å². The molecule has 0 aliphatic carbocycles. The van der Waals surface area contributed by atoms with Gasteiger partial charge in [-0.1, -0.05) is 6.42 Å². The fourth-order valence-electron chi connectivity index (χ4n) is 1.10. The summed E-state index contributed by atoms with van der Waals surface area (Å²) in [5, 5.41) is 0. The summed E-state index contributed by atoms with van der Waals surface area (Å²) in [7, 11) is 0. The van der Waals surface area contributed by atoms with Crippen LogP contribution in [0.1, 0.15) is 19.3 Å². The van der Waals surface area contributed by atoms with Crippen molar-refractivity contribution in [3.05, 3.63) is 0 Å². The Labute approximate surface area is 74.2 Å². The number of rotatable bonds is 2. The quantitative estimate of drug-likeness (QED) is 0.499. The zero-order chi connectivity index (χ0) is 8.32. The second-order valence-electron chi connectivity index (χ2n) is 2.53. The van der Waals surface area contributed by atoms with Crippen LogP contribution < -0.4 is 0 Å². The van der Waals surface area contributed by atoms with Crippen LogP contribution in [0.4, 0.5) is 8.78 Å². The van der Waals surface area contributed by atoms with E-state index in [0.717, 1.165) is 32.4 Å². The van der Waals surface area contributed by atoms with E-state index in [1.165, 1.54) is 0 Å². The van der Waals surface area contributed by atoms with Gasteiger partial charge in [-0.2, -0.15) is 8.78 Å². The van der Waals surface area contributed by atoms with E-state index in [0.29, 0.717) is 11.9 Å². The van der Waals surface area contributed by atoms with Crippen LogP contribution >= 0.6 is 23.5 Å². The zero-order valence-corrected chi connectivity index (χ0v) is 7.60. The second-order valence-corrected chi connectivity index (χ2v) is 4.44. The highest BCUT2D eigenvalue weighted by Gasteiger charge is 2.30. The molecule has 0 amide bonds. The molecule has 0 atom stereocenters. The fourth-order valence-corrected chi connectivity index (χ4v) is 2.13. The van der Waals surface area contributed by atoms with E-state index in [9.17, 15) is 8.78 Å². The molecular formula is C6H10ClF2NS. The molecule has 1 fully saturated rings. The summed E-state index contributed by atoms with van der Waals surface area (Å²) in [6, 6.07) is 0. The molecule has 0 spiro atoms. The molecule has 1 nitrogen and oxygen atoms in total. The SMILES string of the molecule is FC(F)(Cl)SN1CCCCC1. The normalized spacial score (nSPS) is 22.1. The fraction of sp³-hybridized carbons (Fsp3) is 1.00. The molecule has 1 saturated heterocycles. The second kappa shape index (κ2) is 3.92. The van der Waals surface area contributed by atoms with Crippen LogP contribution in [0.25, 0.3) is 0 Å². The Morgan fingerprint density at radius 3 is 2.18 bits per heavy atom. The predicted molar refractivity (Wildman–Crippen MR) is 43.8 cm³/mol. The van der Waals surface area contributed by atoms with E-state index in [4.69, 9.17) is 11.6 Å². The van der Waals surface area contributed by atoms with Crippen molar-refractivity contribution in [3.63, 3.8) is 0 Å². The van der Waals surface area contributed by atoms with Crippen molar-refractivity contribution in [1.29, 1.82) is 0 Å².